The van der Waals surface area contributed by atoms with Crippen molar-refractivity contribution in [2.45, 2.75) is 12.8 Å². The molecule has 0 radical (unpaired) electrons. The van der Waals surface area contributed by atoms with E-state index in [0.29, 0.717) is 16.3 Å². The van der Waals surface area contributed by atoms with Gasteiger partial charge in [-0.2, -0.15) is 0 Å². The van der Waals surface area contributed by atoms with Gasteiger partial charge in [-0.05, 0) is 42.3 Å². The number of aromatic nitrogens is 1. The van der Waals surface area contributed by atoms with Crippen molar-refractivity contribution in [1.82, 2.24) is 4.98 Å². The lowest BCUT2D eigenvalue weighted by molar-refractivity contribution is -0.274. The molecule has 0 N–H and O–H groups in total. The Labute approximate surface area is 129 Å². The first-order chi connectivity index (χ1) is 10.9. The summed E-state index contributed by atoms with van der Waals surface area (Å²) >= 11 is 0. The van der Waals surface area contributed by atoms with E-state index in [1.165, 1.54) is 18.2 Å². The molecule has 0 spiro atoms. The van der Waals surface area contributed by atoms with Crippen LogP contribution < -0.4 is 15.4 Å². The second-order valence-electron chi connectivity index (χ2n) is 5.03. The first-order valence-corrected chi connectivity index (χ1v) is 6.81. The highest BCUT2D eigenvalue weighted by Crippen LogP contribution is 2.24. The standard InChI is InChI=1S/C16H11F3N2O2/c17-16(18,19)23-12-4-1-3-10(8-12)7-11-9-14-13(21-15(11)22)5-2-6-20-14/h1-6,8-9,11H,7H2. The van der Waals surface area contributed by atoms with E-state index in [2.05, 4.69) is 14.7 Å². The number of hydrogen-bond acceptors (Lipinski definition) is 3. The van der Waals surface area contributed by atoms with Gasteiger partial charge in [0.1, 0.15) is 5.75 Å². The zero-order valence-corrected chi connectivity index (χ0v) is 11.7. The van der Waals surface area contributed by atoms with Gasteiger partial charge in [0.15, 0.2) is 0 Å². The summed E-state index contributed by atoms with van der Waals surface area (Å²) in [7, 11) is 0. The Hall–Kier alpha value is -2.70. The van der Waals surface area contributed by atoms with Crippen LogP contribution in [0.1, 0.15) is 5.56 Å². The van der Waals surface area contributed by atoms with Gasteiger partial charge in [0, 0.05) is 6.20 Å². The minimum Gasteiger partial charge on any atom is -0.406 e. The van der Waals surface area contributed by atoms with Crippen molar-refractivity contribution in [3.63, 3.8) is 0 Å². The Morgan fingerprint density at radius 1 is 1.17 bits per heavy atom. The van der Waals surface area contributed by atoms with Crippen molar-refractivity contribution < 1.29 is 22.7 Å². The van der Waals surface area contributed by atoms with Gasteiger partial charge in [0.2, 0.25) is 0 Å². The zero-order chi connectivity index (χ0) is 16.4. The van der Waals surface area contributed by atoms with E-state index in [-0.39, 0.29) is 18.1 Å². The molecule has 118 valence electrons. The maximum absolute atomic E-state index is 12.3. The number of amides is 1. The molecule has 0 saturated heterocycles. The molecule has 23 heavy (non-hydrogen) atoms. The summed E-state index contributed by atoms with van der Waals surface area (Å²) in [6.45, 7) is 0. The Kier molecular flexibility index (Phi) is 3.85. The van der Waals surface area contributed by atoms with Gasteiger partial charge in [-0.25, -0.2) is 4.99 Å². The minimum atomic E-state index is -4.75. The molecule has 1 amide bonds. The second-order valence-corrected chi connectivity index (χ2v) is 5.03. The van der Waals surface area contributed by atoms with Crippen LogP contribution in [0.4, 0.5) is 13.2 Å². The molecule has 0 fully saturated rings. The molecular weight excluding hydrogens is 309 g/mol. The van der Waals surface area contributed by atoms with E-state index >= 15 is 0 Å². The predicted octanol–water partition coefficient (Wildman–Crippen LogP) is 1.78. The average molecular weight is 320 g/mol. The number of hydrogen-bond donors (Lipinski definition) is 0. The number of alkyl halides is 3. The van der Waals surface area contributed by atoms with Gasteiger partial charge in [0.05, 0.1) is 16.6 Å². The number of carbonyl (C=O) groups excluding carboxylic acids is 1. The smallest absolute Gasteiger partial charge is 0.406 e. The highest BCUT2D eigenvalue weighted by atomic mass is 19.4. The number of ether oxygens (including phenoxy) is 1. The van der Waals surface area contributed by atoms with Crippen LogP contribution in [-0.4, -0.2) is 17.3 Å². The van der Waals surface area contributed by atoms with Crippen LogP contribution in [0.2, 0.25) is 0 Å². The van der Waals surface area contributed by atoms with Crippen molar-refractivity contribution in [2.24, 2.45) is 10.9 Å². The van der Waals surface area contributed by atoms with Crippen molar-refractivity contribution >= 4 is 12.0 Å². The molecule has 2 aromatic rings. The number of rotatable bonds is 3. The molecule has 1 atom stereocenters. The average Bonchev–Trinajstić information content (AvgIpc) is 2.46. The SMILES string of the molecule is O=C1N=c2cccnc2=CC1Cc1cccc(OC(F)(F)F)c1. The lowest BCUT2D eigenvalue weighted by Crippen LogP contribution is -2.36. The van der Waals surface area contributed by atoms with E-state index in [1.54, 1.807) is 30.5 Å². The van der Waals surface area contributed by atoms with Crippen LogP contribution in [0.3, 0.4) is 0 Å². The molecule has 0 saturated carbocycles. The summed E-state index contributed by atoms with van der Waals surface area (Å²) in [5.74, 6) is -1.21. The minimum absolute atomic E-state index is 0.230. The summed E-state index contributed by atoms with van der Waals surface area (Å²) < 4.78 is 40.6. The maximum Gasteiger partial charge on any atom is 0.573 e. The summed E-state index contributed by atoms with van der Waals surface area (Å²) in [5, 5.41) is 1.10. The summed E-state index contributed by atoms with van der Waals surface area (Å²) in [5.41, 5.74) is 0.552. The lowest BCUT2D eigenvalue weighted by atomic mass is 9.96. The quantitative estimate of drug-likeness (QED) is 0.866. The Balaban J connectivity index is 1.84. The highest BCUT2D eigenvalue weighted by molar-refractivity contribution is 5.86. The molecule has 7 heteroatoms. The van der Waals surface area contributed by atoms with E-state index < -0.39 is 12.3 Å². The Morgan fingerprint density at radius 2 is 2.00 bits per heavy atom. The van der Waals surface area contributed by atoms with Crippen LogP contribution in [0, 0.1) is 5.92 Å². The number of fused-ring (bicyclic) bond motifs is 1. The molecule has 4 nitrogen and oxygen atoms in total. The molecule has 1 aliphatic rings. The van der Waals surface area contributed by atoms with Gasteiger partial charge in [-0.1, -0.05) is 12.1 Å². The summed E-state index contributed by atoms with van der Waals surface area (Å²) in [6, 6.07) is 8.94. The number of nitrogens with zero attached hydrogens (tertiary/aromatic N) is 2. The highest BCUT2D eigenvalue weighted by Gasteiger charge is 2.31. The van der Waals surface area contributed by atoms with Crippen LogP contribution in [0.15, 0.2) is 47.6 Å². The third-order valence-corrected chi connectivity index (χ3v) is 3.31. The Morgan fingerprint density at radius 3 is 2.78 bits per heavy atom. The third-order valence-electron chi connectivity index (χ3n) is 3.31. The maximum atomic E-state index is 12.3. The lowest BCUT2D eigenvalue weighted by Gasteiger charge is -2.13. The van der Waals surface area contributed by atoms with Crippen LogP contribution in [-0.2, 0) is 11.2 Å². The fourth-order valence-corrected chi connectivity index (χ4v) is 2.37. The van der Waals surface area contributed by atoms with Crippen LogP contribution >= 0.6 is 0 Å². The fourth-order valence-electron chi connectivity index (χ4n) is 2.37. The molecular formula is C16H11F3N2O2. The van der Waals surface area contributed by atoms with Gasteiger partial charge in [0.25, 0.3) is 5.91 Å². The van der Waals surface area contributed by atoms with E-state index in [9.17, 15) is 18.0 Å². The topological polar surface area (TPSA) is 51.5 Å². The molecule has 3 rings (SSSR count). The molecule has 1 aliphatic heterocycles. The zero-order valence-electron chi connectivity index (χ0n) is 11.7. The van der Waals surface area contributed by atoms with Gasteiger partial charge in [-0.15, -0.1) is 13.2 Å². The molecule has 0 aliphatic carbocycles. The summed E-state index contributed by atoms with van der Waals surface area (Å²) in [4.78, 5) is 20.1. The molecule has 2 heterocycles. The normalized spacial score (nSPS) is 17.0. The number of benzene rings is 1. The molecule has 1 aromatic heterocycles. The van der Waals surface area contributed by atoms with Gasteiger partial charge >= 0.3 is 6.36 Å². The van der Waals surface area contributed by atoms with Crippen LogP contribution in [0.5, 0.6) is 5.75 Å². The fraction of sp³-hybridized carbons (Fsp3) is 0.188. The Bertz CT molecular complexity index is 862. The van der Waals surface area contributed by atoms with Crippen molar-refractivity contribution in [3.05, 3.63) is 58.9 Å². The first-order valence-electron chi connectivity index (χ1n) is 6.81. The number of halogens is 3. The van der Waals surface area contributed by atoms with E-state index in [0.717, 1.165) is 0 Å². The predicted molar refractivity (Wildman–Crippen MR) is 74.8 cm³/mol. The van der Waals surface area contributed by atoms with Gasteiger partial charge < -0.3 is 4.74 Å². The van der Waals surface area contributed by atoms with Crippen LogP contribution in [0.25, 0.3) is 6.08 Å². The van der Waals surface area contributed by atoms with Gasteiger partial charge in [-0.3, -0.25) is 9.78 Å². The third kappa shape index (κ3) is 3.74. The number of pyridine rings is 1. The summed E-state index contributed by atoms with van der Waals surface area (Å²) in [6.07, 6.45) is -1.24. The monoisotopic (exact) mass is 320 g/mol. The largest absolute Gasteiger partial charge is 0.573 e. The van der Waals surface area contributed by atoms with Crippen molar-refractivity contribution in [3.8, 4) is 5.75 Å². The molecule has 1 aromatic carbocycles. The molecule has 1 unspecified atom stereocenters. The van der Waals surface area contributed by atoms with Crippen molar-refractivity contribution in [1.29, 1.82) is 0 Å². The molecule has 0 bridgehead atoms. The van der Waals surface area contributed by atoms with E-state index in [4.69, 9.17) is 0 Å². The first kappa shape index (κ1) is 15.2. The van der Waals surface area contributed by atoms with Crippen molar-refractivity contribution in [2.75, 3.05) is 0 Å². The number of carbonyl (C=O) groups is 1. The van der Waals surface area contributed by atoms with E-state index in [1.807, 2.05) is 0 Å². The second kappa shape index (κ2) is 5.83.